The fraction of sp³-hybridized carbons (Fsp3) is 0.538. The minimum atomic E-state index is 0.00745. The van der Waals surface area contributed by atoms with Crippen LogP contribution in [0.4, 0.5) is 0 Å². The summed E-state index contributed by atoms with van der Waals surface area (Å²) in [6.45, 7) is 6.86. The molecule has 1 unspecified atom stereocenters. The van der Waals surface area contributed by atoms with E-state index in [1.165, 1.54) is 0 Å². The third-order valence-corrected chi connectivity index (χ3v) is 2.29. The predicted octanol–water partition coefficient (Wildman–Crippen LogP) is 2.75. The summed E-state index contributed by atoms with van der Waals surface area (Å²) in [5, 5.41) is 0. The van der Waals surface area contributed by atoms with Gasteiger partial charge >= 0.3 is 0 Å². The van der Waals surface area contributed by atoms with Gasteiger partial charge in [-0.3, -0.25) is 0 Å². The summed E-state index contributed by atoms with van der Waals surface area (Å²) < 4.78 is 10.9. The highest BCUT2D eigenvalue weighted by atomic mass is 16.5. The van der Waals surface area contributed by atoms with Crippen molar-refractivity contribution in [2.24, 2.45) is 11.7 Å². The maximum absolute atomic E-state index is 5.81. The molecule has 3 heteroatoms. The molecule has 0 aliphatic carbocycles. The van der Waals surface area contributed by atoms with E-state index in [9.17, 15) is 0 Å². The lowest BCUT2D eigenvalue weighted by atomic mass is 10.1. The average Bonchev–Trinajstić information content (AvgIpc) is 2.25. The van der Waals surface area contributed by atoms with Crippen molar-refractivity contribution >= 4 is 0 Å². The van der Waals surface area contributed by atoms with E-state index >= 15 is 0 Å². The van der Waals surface area contributed by atoms with Crippen LogP contribution in [-0.4, -0.2) is 13.7 Å². The Morgan fingerprint density at radius 1 is 1.19 bits per heavy atom. The molecule has 0 saturated heterocycles. The monoisotopic (exact) mass is 223 g/mol. The highest BCUT2D eigenvalue weighted by Gasteiger charge is 2.08. The van der Waals surface area contributed by atoms with E-state index < -0.39 is 0 Å². The zero-order chi connectivity index (χ0) is 12.1. The fourth-order valence-corrected chi connectivity index (χ4v) is 1.34. The van der Waals surface area contributed by atoms with E-state index in [1.54, 1.807) is 7.11 Å². The molecule has 0 aliphatic heterocycles. The molecule has 3 nitrogen and oxygen atoms in total. The third kappa shape index (κ3) is 3.42. The predicted molar refractivity (Wildman–Crippen MR) is 65.9 cm³/mol. The van der Waals surface area contributed by atoms with E-state index in [1.807, 2.05) is 25.1 Å². The standard InChI is InChI=1S/C13H21NO2/c1-9(2)8-16-12-6-5-11(10(3)14)7-13(12)15-4/h5-7,9-10H,8,14H2,1-4H3. The maximum atomic E-state index is 5.81. The van der Waals surface area contributed by atoms with Crippen LogP contribution < -0.4 is 15.2 Å². The Morgan fingerprint density at radius 3 is 2.38 bits per heavy atom. The van der Waals surface area contributed by atoms with Crippen LogP contribution in [0.15, 0.2) is 18.2 Å². The quantitative estimate of drug-likeness (QED) is 0.834. The van der Waals surface area contributed by atoms with Gasteiger partial charge in [0.25, 0.3) is 0 Å². The van der Waals surface area contributed by atoms with Crippen molar-refractivity contribution in [2.45, 2.75) is 26.8 Å². The minimum Gasteiger partial charge on any atom is -0.493 e. The lowest BCUT2D eigenvalue weighted by Crippen LogP contribution is -2.08. The maximum Gasteiger partial charge on any atom is 0.161 e. The van der Waals surface area contributed by atoms with Crippen LogP contribution >= 0.6 is 0 Å². The lowest BCUT2D eigenvalue weighted by molar-refractivity contribution is 0.256. The third-order valence-electron chi connectivity index (χ3n) is 2.29. The number of nitrogens with two attached hydrogens (primary N) is 1. The van der Waals surface area contributed by atoms with Gasteiger partial charge in [-0.2, -0.15) is 0 Å². The summed E-state index contributed by atoms with van der Waals surface area (Å²) in [6.07, 6.45) is 0. The van der Waals surface area contributed by atoms with E-state index in [0.29, 0.717) is 12.5 Å². The van der Waals surface area contributed by atoms with Crippen LogP contribution in [0.2, 0.25) is 0 Å². The van der Waals surface area contributed by atoms with E-state index in [4.69, 9.17) is 15.2 Å². The zero-order valence-electron chi connectivity index (χ0n) is 10.5. The molecule has 2 N–H and O–H groups in total. The van der Waals surface area contributed by atoms with Gasteiger partial charge in [0, 0.05) is 6.04 Å². The van der Waals surface area contributed by atoms with Crippen molar-refractivity contribution in [1.29, 1.82) is 0 Å². The summed E-state index contributed by atoms with van der Waals surface area (Å²) in [5.41, 5.74) is 6.86. The first-order valence-electron chi connectivity index (χ1n) is 5.61. The normalized spacial score (nSPS) is 12.6. The summed E-state index contributed by atoms with van der Waals surface area (Å²) in [4.78, 5) is 0. The van der Waals surface area contributed by atoms with Gasteiger partial charge in [0.05, 0.1) is 13.7 Å². The molecule has 0 heterocycles. The van der Waals surface area contributed by atoms with Crippen LogP contribution in [0.5, 0.6) is 11.5 Å². The number of rotatable bonds is 5. The molecule has 1 rings (SSSR count). The average molecular weight is 223 g/mol. The van der Waals surface area contributed by atoms with E-state index in [2.05, 4.69) is 13.8 Å². The number of ether oxygens (including phenoxy) is 2. The molecule has 0 saturated carbocycles. The molecule has 0 amide bonds. The van der Waals surface area contributed by atoms with Crippen molar-refractivity contribution < 1.29 is 9.47 Å². The Balaban J connectivity index is 2.84. The first-order valence-corrected chi connectivity index (χ1v) is 5.61. The number of hydrogen-bond acceptors (Lipinski definition) is 3. The highest BCUT2D eigenvalue weighted by Crippen LogP contribution is 2.30. The molecule has 0 spiro atoms. The van der Waals surface area contributed by atoms with Crippen LogP contribution in [0.25, 0.3) is 0 Å². The molecule has 0 fully saturated rings. The Kier molecular flexibility index (Phi) is 4.62. The van der Waals surface area contributed by atoms with Crippen LogP contribution in [0.3, 0.4) is 0 Å². The summed E-state index contributed by atoms with van der Waals surface area (Å²) in [7, 11) is 1.64. The summed E-state index contributed by atoms with van der Waals surface area (Å²) >= 11 is 0. The Bertz CT molecular complexity index is 335. The van der Waals surface area contributed by atoms with Crippen molar-refractivity contribution in [2.75, 3.05) is 13.7 Å². The largest absolute Gasteiger partial charge is 0.493 e. The van der Waals surface area contributed by atoms with Crippen molar-refractivity contribution in [3.63, 3.8) is 0 Å². The number of hydrogen-bond donors (Lipinski definition) is 1. The second kappa shape index (κ2) is 5.75. The highest BCUT2D eigenvalue weighted by molar-refractivity contribution is 5.43. The van der Waals surface area contributed by atoms with Crippen molar-refractivity contribution in [3.8, 4) is 11.5 Å². The van der Waals surface area contributed by atoms with Gasteiger partial charge in [0.2, 0.25) is 0 Å². The molecule has 1 aromatic rings. The Morgan fingerprint density at radius 2 is 1.88 bits per heavy atom. The van der Waals surface area contributed by atoms with E-state index in [-0.39, 0.29) is 6.04 Å². The summed E-state index contributed by atoms with van der Waals surface area (Å²) in [5.74, 6) is 2.02. The molecule has 0 aromatic heterocycles. The van der Waals surface area contributed by atoms with Crippen LogP contribution in [0.1, 0.15) is 32.4 Å². The Hall–Kier alpha value is -1.22. The first-order chi connectivity index (χ1) is 7.54. The van der Waals surface area contributed by atoms with Gasteiger partial charge in [-0.05, 0) is 30.5 Å². The second-order valence-corrected chi connectivity index (χ2v) is 4.40. The number of methoxy groups -OCH3 is 1. The second-order valence-electron chi connectivity index (χ2n) is 4.40. The minimum absolute atomic E-state index is 0.00745. The molecule has 90 valence electrons. The van der Waals surface area contributed by atoms with Gasteiger partial charge in [-0.1, -0.05) is 19.9 Å². The van der Waals surface area contributed by atoms with Gasteiger partial charge in [0.1, 0.15) is 0 Å². The Labute approximate surface area is 97.6 Å². The molecule has 0 radical (unpaired) electrons. The molecule has 16 heavy (non-hydrogen) atoms. The smallest absolute Gasteiger partial charge is 0.161 e. The lowest BCUT2D eigenvalue weighted by Gasteiger charge is -2.14. The first kappa shape index (κ1) is 12.8. The SMILES string of the molecule is COc1cc(C(C)N)ccc1OCC(C)C. The molecular weight excluding hydrogens is 202 g/mol. The van der Waals surface area contributed by atoms with Crippen LogP contribution in [0, 0.1) is 5.92 Å². The molecule has 1 atom stereocenters. The zero-order valence-corrected chi connectivity index (χ0v) is 10.5. The molecule has 1 aromatic carbocycles. The molecule has 0 bridgehead atoms. The molecule has 0 aliphatic rings. The van der Waals surface area contributed by atoms with Crippen molar-refractivity contribution in [1.82, 2.24) is 0 Å². The number of benzene rings is 1. The topological polar surface area (TPSA) is 44.5 Å². The van der Waals surface area contributed by atoms with Gasteiger partial charge in [-0.15, -0.1) is 0 Å². The fourth-order valence-electron chi connectivity index (χ4n) is 1.34. The van der Waals surface area contributed by atoms with Gasteiger partial charge < -0.3 is 15.2 Å². The van der Waals surface area contributed by atoms with Gasteiger partial charge in [-0.25, -0.2) is 0 Å². The molecular formula is C13H21NO2. The summed E-state index contributed by atoms with van der Waals surface area (Å²) in [6, 6.07) is 5.83. The van der Waals surface area contributed by atoms with Crippen LogP contribution in [-0.2, 0) is 0 Å². The van der Waals surface area contributed by atoms with E-state index in [0.717, 1.165) is 17.1 Å². The van der Waals surface area contributed by atoms with Gasteiger partial charge in [0.15, 0.2) is 11.5 Å². The van der Waals surface area contributed by atoms with Crippen molar-refractivity contribution in [3.05, 3.63) is 23.8 Å².